The van der Waals surface area contributed by atoms with Gasteiger partial charge in [0.15, 0.2) is 0 Å². The van der Waals surface area contributed by atoms with Crippen molar-refractivity contribution in [2.75, 3.05) is 45.5 Å². The molecule has 1 aromatic rings. The van der Waals surface area contributed by atoms with Crippen LogP contribution in [0.15, 0.2) is 24.4 Å². The van der Waals surface area contributed by atoms with Crippen LogP contribution in [0.5, 0.6) is 0 Å². The molecule has 20 heavy (non-hydrogen) atoms. The molecular formula is C13H22N4O2S. The van der Waals surface area contributed by atoms with Gasteiger partial charge < -0.3 is 5.32 Å². The van der Waals surface area contributed by atoms with Crippen LogP contribution < -0.4 is 5.32 Å². The summed E-state index contributed by atoms with van der Waals surface area (Å²) in [5.41, 5.74) is 0.765. The van der Waals surface area contributed by atoms with E-state index in [1.807, 2.05) is 18.2 Å². The van der Waals surface area contributed by atoms with E-state index in [1.165, 1.54) is 4.31 Å². The lowest BCUT2D eigenvalue weighted by Crippen LogP contribution is -2.46. The summed E-state index contributed by atoms with van der Waals surface area (Å²) in [7, 11) is -1.61. The van der Waals surface area contributed by atoms with Crippen molar-refractivity contribution >= 4 is 10.0 Å². The fraction of sp³-hybridized carbons (Fsp3) is 0.615. The molecule has 1 N–H and O–H groups in total. The number of hydrogen-bond acceptors (Lipinski definition) is 5. The summed E-state index contributed by atoms with van der Waals surface area (Å²) in [5, 5.41) is 3.26. The van der Waals surface area contributed by atoms with Crippen molar-refractivity contribution in [3.05, 3.63) is 30.1 Å². The zero-order valence-corrected chi connectivity index (χ0v) is 12.6. The second-order valence-corrected chi connectivity index (χ2v) is 7.18. The van der Waals surface area contributed by atoms with Gasteiger partial charge in [-0.1, -0.05) is 6.07 Å². The van der Waals surface area contributed by atoms with Crippen molar-refractivity contribution in [2.45, 2.75) is 6.54 Å². The SMILES string of the molecule is CN(Cc1ccccn1)S(=O)(=O)CCN1CCNCC1. The highest BCUT2D eigenvalue weighted by Gasteiger charge is 2.20. The maximum atomic E-state index is 12.2. The zero-order valence-electron chi connectivity index (χ0n) is 11.8. The fourth-order valence-electron chi connectivity index (χ4n) is 2.15. The van der Waals surface area contributed by atoms with Gasteiger partial charge in [0, 0.05) is 46.0 Å². The number of aromatic nitrogens is 1. The lowest BCUT2D eigenvalue weighted by atomic mass is 10.3. The van der Waals surface area contributed by atoms with Crippen LogP contribution in [0.1, 0.15) is 5.69 Å². The summed E-state index contributed by atoms with van der Waals surface area (Å²) >= 11 is 0. The highest BCUT2D eigenvalue weighted by Crippen LogP contribution is 2.06. The third-order valence-electron chi connectivity index (χ3n) is 3.46. The molecule has 0 aromatic carbocycles. The second-order valence-electron chi connectivity index (χ2n) is 4.98. The Labute approximate surface area is 120 Å². The molecule has 7 heteroatoms. The maximum absolute atomic E-state index is 12.2. The first-order valence-corrected chi connectivity index (χ1v) is 8.46. The van der Waals surface area contributed by atoms with Crippen molar-refractivity contribution in [3.63, 3.8) is 0 Å². The number of hydrogen-bond donors (Lipinski definition) is 1. The van der Waals surface area contributed by atoms with E-state index in [2.05, 4.69) is 15.2 Å². The van der Waals surface area contributed by atoms with E-state index in [9.17, 15) is 8.42 Å². The molecule has 1 fully saturated rings. The summed E-state index contributed by atoms with van der Waals surface area (Å²) in [6.45, 7) is 4.62. The topological polar surface area (TPSA) is 65.5 Å². The van der Waals surface area contributed by atoms with Crippen LogP contribution in [0.4, 0.5) is 0 Å². The first kappa shape index (κ1) is 15.4. The normalized spacial score (nSPS) is 17.5. The molecule has 2 heterocycles. The first-order chi connectivity index (χ1) is 9.58. The van der Waals surface area contributed by atoms with Gasteiger partial charge in [0.2, 0.25) is 10.0 Å². The molecule has 0 bridgehead atoms. The Morgan fingerprint density at radius 1 is 1.35 bits per heavy atom. The van der Waals surface area contributed by atoms with Crippen molar-refractivity contribution < 1.29 is 8.42 Å². The Morgan fingerprint density at radius 2 is 2.10 bits per heavy atom. The molecule has 0 atom stereocenters. The molecule has 1 aliphatic heterocycles. The van der Waals surface area contributed by atoms with Crippen LogP contribution in [-0.4, -0.2) is 68.1 Å². The molecule has 112 valence electrons. The summed E-state index contributed by atoms with van der Waals surface area (Å²) in [6, 6.07) is 5.52. The second kappa shape index (κ2) is 7.12. The molecule has 1 aromatic heterocycles. The smallest absolute Gasteiger partial charge is 0.215 e. The predicted octanol–water partition coefficient (Wildman–Crippen LogP) is -0.252. The Morgan fingerprint density at radius 3 is 2.75 bits per heavy atom. The minimum atomic E-state index is -3.23. The van der Waals surface area contributed by atoms with Gasteiger partial charge in [-0.2, -0.15) is 4.31 Å². The largest absolute Gasteiger partial charge is 0.314 e. The summed E-state index contributed by atoms with van der Waals surface area (Å²) in [6.07, 6.45) is 1.68. The molecule has 6 nitrogen and oxygen atoms in total. The van der Waals surface area contributed by atoms with Crippen LogP contribution >= 0.6 is 0 Å². The number of nitrogens with zero attached hydrogens (tertiary/aromatic N) is 3. The van der Waals surface area contributed by atoms with E-state index in [0.29, 0.717) is 13.1 Å². The van der Waals surface area contributed by atoms with Gasteiger partial charge in [0.1, 0.15) is 0 Å². The van der Waals surface area contributed by atoms with E-state index < -0.39 is 10.0 Å². The molecule has 0 amide bonds. The van der Waals surface area contributed by atoms with Gasteiger partial charge in [-0.15, -0.1) is 0 Å². The number of piperazine rings is 1. The maximum Gasteiger partial charge on any atom is 0.215 e. The quantitative estimate of drug-likeness (QED) is 0.784. The Hall–Kier alpha value is -1.02. The molecule has 1 saturated heterocycles. The minimum absolute atomic E-state index is 0.163. The van der Waals surface area contributed by atoms with E-state index >= 15 is 0 Å². The van der Waals surface area contributed by atoms with Crippen molar-refractivity contribution in [1.82, 2.24) is 19.5 Å². The molecule has 0 unspecified atom stereocenters. The summed E-state index contributed by atoms with van der Waals surface area (Å²) in [4.78, 5) is 6.34. The molecular weight excluding hydrogens is 276 g/mol. The first-order valence-electron chi connectivity index (χ1n) is 6.85. The lowest BCUT2D eigenvalue weighted by Gasteiger charge is -2.27. The van der Waals surface area contributed by atoms with Crippen molar-refractivity contribution in [2.24, 2.45) is 0 Å². The average Bonchev–Trinajstić information content (AvgIpc) is 2.47. The third kappa shape index (κ3) is 4.52. The Kier molecular flexibility index (Phi) is 5.47. The van der Waals surface area contributed by atoms with Crippen LogP contribution in [-0.2, 0) is 16.6 Å². The minimum Gasteiger partial charge on any atom is -0.314 e. The summed E-state index contributed by atoms with van der Waals surface area (Å²) < 4.78 is 25.9. The van der Waals surface area contributed by atoms with Gasteiger partial charge >= 0.3 is 0 Å². The molecule has 0 saturated carbocycles. The van der Waals surface area contributed by atoms with Gasteiger partial charge in [-0.25, -0.2) is 8.42 Å². The van der Waals surface area contributed by atoms with Gasteiger partial charge in [-0.05, 0) is 12.1 Å². The van der Waals surface area contributed by atoms with Crippen molar-refractivity contribution in [3.8, 4) is 0 Å². The molecule has 1 aliphatic rings. The Balaban J connectivity index is 1.85. The average molecular weight is 298 g/mol. The summed E-state index contributed by atoms with van der Waals surface area (Å²) in [5.74, 6) is 0.163. The number of rotatable bonds is 6. The number of pyridine rings is 1. The van der Waals surface area contributed by atoms with Crippen LogP contribution in [0.25, 0.3) is 0 Å². The van der Waals surface area contributed by atoms with E-state index in [4.69, 9.17) is 0 Å². The fourth-order valence-corrected chi connectivity index (χ4v) is 3.28. The molecule has 0 aliphatic carbocycles. The molecule has 0 spiro atoms. The number of nitrogens with one attached hydrogen (secondary N) is 1. The lowest BCUT2D eigenvalue weighted by molar-refractivity contribution is 0.252. The monoisotopic (exact) mass is 298 g/mol. The van der Waals surface area contributed by atoms with Crippen LogP contribution in [0.3, 0.4) is 0 Å². The molecule has 0 radical (unpaired) electrons. The molecule has 2 rings (SSSR count). The Bertz CT molecular complexity index is 500. The third-order valence-corrected chi connectivity index (χ3v) is 5.24. The highest BCUT2D eigenvalue weighted by atomic mass is 32.2. The highest BCUT2D eigenvalue weighted by molar-refractivity contribution is 7.89. The van der Waals surface area contributed by atoms with Crippen LogP contribution in [0, 0.1) is 0 Å². The zero-order chi connectivity index (χ0) is 14.4. The van der Waals surface area contributed by atoms with Gasteiger partial charge in [0.05, 0.1) is 18.0 Å². The number of sulfonamides is 1. The van der Waals surface area contributed by atoms with E-state index in [-0.39, 0.29) is 5.75 Å². The van der Waals surface area contributed by atoms with Crippen LogP contribution in [0.2, 0.25) is 0 Å². The van der Waals surface area contributed by atoms with E-state index in [0.717, 1.165) is 31.9 Å². The standard InChI is InChI=1S/C13H22N4O2S/c1-16(12-13-4-2-3-5-15-13)20(18,19)11-10-17-8-6-14-7-9-17/h2-5,14H,6-12H2,1H3. The van der Waals surface area contributed by atoms with E-state index in [1.54, 1.807) is 13.2 Å². The van der Waals surface area contributed by atoms with Crippen molar-refractivity contribution in [1.29, 1.82) is 0 Å². The predicted molar refractivity (Wildman–Crippen MR) is 78.8 cm³/mol. The van der Waals surface area contributed by atoms with Gasteiger partial charge in [-0.3, -0.25) is 9.88 Å². The van der Waals surface area contributed by atoms with Gasteiger partial charge in [0.25, 0.3) is 0 Å².